The highest BCUT2D eigenvalue weighted by molar-refractivity contribution is 5.49. The predicted octanol–water partition coefficient (Wildman–Crippen LogP) is 3.49. The van der Waals surface area contributed by atoms with Crippen LogP contribution < -0.4 is 0 Å². The van der Waals surface area contributed by atoms with Crippen LogP contribution in [0.5, 0.6) is 0 Å². The van der Waals surface area contributed by atoms with Gasteiger partial charge in [0.1, 0.15) is 0 Å². The van der Waals surface area contributed by atoms with E-state index in [0.717, 1.165) is 6.54 Å². The Morgan fingerprint density at radius 1 is 1.06 bits per heavy atom. The highest BCUT2D eigenvalue weighted by Crippen LogP contribution is 2.09. The fourth-order valence-electron chi connectivity index (χ4n) is 2.16. The third-order valence-electron chi connectivity index (χ3n) is 3.20. The quantitative estimate of drug-likeness (QED) is 0.746. The molecule has 0 atom stereocenters. The lowest BCUT2D eigenvalue weighted by atomic mass is 10.1. The summed E-state index contributed by atoms with van der Waals surface area (Å²) in [5.74, 6) is 0. The molecule has 1 aliphatic rings. The minimum atomic E-state index is 1.11. The van der Waals surface area contributed by atoms with E-state index in [1.807, 2.05) is 0 Å². The molecule has 1 saturated heterocycles. The number of piperidine rings is 1. The van der Waals surface area contributed by atoms with E-state index in [0.29, 0.717) is 0 Å². The van der Waals surface area contributed by atoms with Crippen LogP contribution in [0.4, 0.5) is 0 Å². The number of rotatable bonds is 3. The molecule has 1 nitrogen and oxygen atoms in total. The molecule has 0 radical (unpaired) electrons. The first-order valence-electron chi connectivity index (χ1n) is 6.30. The average Bonchev–Trinajstić information content (AvgIpc) is 2.33. The molecular formula is C15H21N. The molecule has 86 valence electrons. The molecule has 16 heavy (non-hydrogen) atoms. The van der Waals surface area contributed by atoms with Crippen molar-refractivity contribution in [1.82, 2.24) is 4.90 Å². The molecule has 2 rings (SSSR count). The number of likely N-dealkylation sites (tertiary alicyclic amines) is 1. The van der Waals surface area contributed by atoms with Crippen LogP contribution in [0.25, 0.3) is 6.08 Å². The Kier molecular flexibility index (Phi) is 4.17. The van der Waals surface area contributed by atoms with Crippen molar-refractivity contribution in [3.8, 4) is 0 Å². The van der Waals surface area contributed by atoms with Crippen molar-refractivity contribution in [2.24, 2.45) is 0 Å². The van der Waals surface area contributed by atoms with Gasteiger partial charge in [0.25, 0.3) is 0 Å². The normalized spacial score (nSPS) is 18.1. The number of benzene rings is 1. The summed E-state index contributed by atoms with van der Waals surface area (Å²) in [7, 11) is 0. The second kappa shape index (κ2) is 5.86. The average molecular weight is 215 g/mol. The summed E-state index contributed by atoms with van der Waals surface area (Å²) in [5, 5.41) is 0. The van der Waals surface area contributed by atoms with Gasteiger partial charge in [-0.25, -0.2) is 0 Å². The topological polar surface area (TPSA) is 3.24 Å². The Bertz CT molecular complexity index is 331. The Balaban J connectivity index is 1.82. The van der Waals surface area contributed by atoms with E-state index in [1.165, 1.54) is 43.5 Å². The lowest BCUT2D eigenvalue weighted by molar-refractivity contribution is 0.252. The lowest BCUT2D eigenvalue weighted by Crippen LogP contribution is -2.29. The van der Waals surface area contributed by atoms with Crippen LogP contribution in [0.2, 0.25) is 0 Å². The zero-order chi connectivity index (χ0) is 11.2. The molecule has 0 N–H and O–H groups in total. The molecule has 0 unspecified atom stereocenters. The van der Waals surface area contributed by atoms with Gasteiger partial charge in [0.15, 0.2) is 0 Å². The minimum Gasteiger partial charge on any atom is -0.300 e. The van der Waals surface area contributed by atoms with Crippen molar-refractivity contribution in [3.63, 3.8) is 0 Å². The summed E-state index contributed by atoms with van der Waals surface area (Å²) >= 11 is 0. The zero-order valence-electron chi connectivity index (χ0n) is 10.2. The molecule has 0 spiro atoms. The van der Waals surface area contributed by atoms with Gasteiger partial charge in [-0.15, -0.1) is 0 Å². The molecule has 0 aromatic heterocycles. The minimum absolute atomic E-state index is 1.11. The van der Waals surface area contributed by atoms with E-state index in [1.54, 1.807) is 0 Å². The molecule has 1 heterocycles. The van der Waals surface area contributed by atoms with Crippen LogP contribution >= 0.6 is 0 Å². The van der Waals surface area contributed by atoms with E-state index < -0.39 is 0 Å². The summed E-state index contributed by atoms with van der Waals surface area (Å²) in [4.78, 5) is 2.54. The highest BCUT2D eigenvalue weighted by Gasteiger charge is 2.07. The van der Waals surface area contributed by atoms with Crippen molar-refractivity contribution in [2.45, 2.75) is 26.2 Å². The molecule has 1 aromatic carbocycles. The van der Waals surface area contributed by atoms with Gasteiger partial charge >= 0.3 is 0 Å². The molecule has 1 fully saturated rings. The molecule has 1 heteroatoms. The predicted molar refractivity (Wildman–Crippen MR) is 70.5 cm³/mol. The number of aryl methyl sites for hydroxylation is 1. The second-order valence-corrected chi connectivity index (χ2v) is 4.67. The summed E-state index contributed by atoms with van der Waals surface area (Å²) in [5.41, 5.74) is 2.63. The van der Waals surface area contributed by atoms with Crippen molar-refractivity contribution >= 4 is 6.08 Å². The van der Waals surface area contributed by atoms with Gasteiger partial charge in [-0.05, 0) is 38.4 Å². The fraction of sp³-hybridized carbons (Fsp3) is 0.467. The van der Waals surface area contributed by atoms with E-state index >= 15 is 0 Å². The summed E-state index contributed by atoms with van der Waals surface area (Å²) in [6.07, 6.45) is 8.68. The fourth-order valence-corrected chi connectivity index (χ4v) is 2.16. The van der Waals surface area contributed by atoms with Gasteiger partial charge in [-0.1, -0.05) is 48.4 Å². The Labute approximate surface area is 98.8 Å². The monoisotopic (exact) mass is 215 g/mol. The first-order valence-corrected chi connectivity index (χ1v) is 6.30. The van der Waals surface area contributed by atoms with Gasteiger partial charge in [-0.3, -0.25) is 4.90 Å². The molecule has 0 saturated carbocycles. The van der Waals surface area contributed by atoms with Crippen LogP contribution in [-0.2, 0) is 0 Å². The van der Waals surface area contributed by atoms with Crippen LogP contribution in [0, 0.1) is 6.92 Å². The third-order valence-corrected chi connectivity index (χ3v) is 3.20. The SMILES string of the molecule is Cc1ccc(C=CCN2CCCCC2)cc1. The number of nitrogens with zero attached hydrogens (tertiary/aromatic N) is 1. The maximum Gasteiger partial charge on any atom is 0.0166 e. The summed E-state index contributed by atoms with van der Waals surface area (Å²) in [6.45, 7) is 5.78. The van der Waals surface area contributed by atoms with Crippen LogP contribution in [0.15, 0.2) is 30.3 Å². The van der Waals surface area contributed by atoms with Crippen molar-refractivity contribution in [3.05, 3.63) is 41.5 Å². The number of hydrogen-bond donors (Lipinski definition) is 0. The molecular weight excluding hydrogens is 194 g/mol. The van der Waals surface area contributed by atoms with E-state index in [4.69, 9.17) is 0 Å². The molecule has 0 amide bonds. The van der Waals surface area contributed by atoms with Gasteiger partial charge in [0.2, 0.25) is 0 Å². The van der Waals surface area contributed by atoms with E-state index in [9.17, 15) is 0 Å². The van der Waals surface area contributed by atoms with Gasteiger partial charge in [0, 0.05) is 6.54 Å². The largest absolute Gasteiger partial charge is 0.300 e. The zero-order valence-corrected chi connectivity index (χ0v) is 10.2. The second-order valence-electron chi connectivity index (χ2n) is 4.67. The van der Waals surface area contributed by atoms with Gasteiger partial charge in [-0.2, -0.15) is 0 Å². The Morgan fingerprint density at radius 3 is 2.44 bits per heavy atom. The summed E-state index contributed by atoms with van der Waals surface area (Å²) in [6, 6.07) is 8.70. The Hall–Kier alpha value is -1.08. The highest BCUT2D eigenvalue weighted by atomic mass is 15.1. The molecule has 1 aliphatic heterocycles. The van der Waals surface area contributed by atoms with Gasteiger partial charge < -0.3 is 0 Å². The third kappa shape index (κ3) is 3.49. The van der Waals surface area contributed by atoms with E-state index in [2.05, 4.69) is 48.2 Å². The number of hydrogen-bond acceptors (Lipinski definition) is 1. The van der Waals surface area contributed by atoms with Crippen LogP contribution in [0.1, 0.15) is 30.4 Å². The smallest absolute Gasteiger partial charge is 0.0166 e. The maximum atomic E-state index is 2.54. The van der Waals surface area contributed by atoms with Crippen molar-refractivity contribution < 1.29 is 0 Å². The van der Waals surface area contributed by atoms with Crippen molar-refractivity contribution in [2.75, 3.05) is 19.6 Å². The van der Waals surface area contributed by atoms with Gasteiger partial charge in [0.05, 0.1) is 0 Å². The lowest BCUT2D eigenvalue weighted by Gasteiger charge is -2.24. The van der Waals surface area contributed by atoms with E-state index in [-0.39, 0.29) is 0 Å². The molecule has 1 aromatic rings. The summed E-state index contributed by atoms with van der Waals surface area (Å²) < 4.78 is 0. The first-order chi connectivity index (χ1) is 7.84. The van der Waals surface area contributed by atoms with Crippen LogP contribution in [-0.4, -0.2) is 24.5 Å². The maximum absolute atomic E-state index is 2.54. The molecule has 0 bridgehead atoms. The Morgan fingerprint density at radius 2 is 1.75 bits per heavy atom. The van der Waals surface area contributed by atoms with Crippen LogP contribution in [0.3, 0.4) is 0 Å². The van der Waals surface area contributed by atoms with Crippen molar-refractivity contribution in [1.29, 1.82) is 0 Å². The first kappa shape index (κ1) is 11.4. The molecule has 0 aliphatic carbocycles. The standard InChI is InChI=1S/C15H21N/c1-14-7-9-15(10-8-14)6-5-13-16-11-3-2-4-12-16/h5-10H,2-4,11-13H2,1H3.